The van der Waals surface area contributed by atoms with E-state index >= 15 is 0 Å². The average molecular weight is 655 g/mol. The average Bonchev–Trinajstić information content (AvgIpc) is 2.97. The smallest absolute Gasteiger partial charge is 0.252 e. The van der Waals surface area contributed by atoms with E-state index in [0.29, 0.717) is 18.4 Å². The summed E-state index contributed by atoms with van der Waals surface area (Å²) in [6, 6.07) is 17.6. The Balaban J connectivity index is 1.26. The maximum absolute atomic E-state index is 13.7. The first-order valence-corrected chi connectivity index (χ1v) is 16.5. The summed E-state index contributed by atoms with van der Waals surface area (Å²) in [7, 11) is 0. The van der Waals surface area contributed by atoms with E-state index in [1.54, 1.807) is 47.6 Å². The summed E-state index contributed by atoms with van der Waals surface area (Å²) in [6.45, 7) is 16.9. The Bertz CT molecular complexity index is 1890. The van der Waals surface area contributed by atoms with Gasteiger partial charge in [-0.15, -0.1) is 10.3 Å². The van der Waals surface area contributed by atoms with Gasteiger partial charge < -0.3 is 21.3 Å². The minimum atomic E-state index is -1.43. The third kappa shape index (κ3) is 6.43. The predicted molar refractivity (Wildman–Crippen MR) is 188 cm³/mol. The van der Waals surface area contributed by atoms with E-state index in [1.165, 1.54) is 0 Å². The van der Waals surface area contributed by atoms with Crippen LogP contribution in [0.2, 0.25) is 0 Å². The molecule has 1 radical (unpaired) electrons. The summed E-state index contributed by atoms with van der Waals surface area (Å²) in [5.41, 5.74) is -5.02. The number of hydrogen-bond acceptors (Lipinski definition) is 5. The zero-order valence-electron chi connectivity index (χ0n) is 29.7. The van der Waals surface area contributed by atoms with E-state index in [0.717, 1.165) is 37.4 Å². The molecule has 48 heavy (non-hydrogen) atoms. The van der Waals surface area contributed by atoms with Gasteiger partial charge >= 0.3 is 0 Å². The van der Waals surface area contributed by atoms with E-state index in [1.807, 2.05) is 70.2 Å². The molecule has 4 N–H and O–H groups in total. The first-order chi connectivity index (χ1) is 22.1. The van der Waals surface area contributed by atoms with Crippen molar-refractivity contribution in [3.63, 3.8) is 0 Å². The first-order valence-electron chi connectivity index (χ1n) is 16.5. The van der Waals surface area contributed by atoms with Crippen LogP contribution in [-0.4, -0.2) is 62.4 Å². The van der Waals surface area contributed by atoms with Crippen LogP contribution in [0.3, 0.4) is 0 Å². The van der Waals surface area contributed by atoms with E-state index in [2.05, 4.69) is 27.3 Å². The van der Waals surface area contributed by atoms with Crippen LogP contribution in [0.25, 0.3) is 32.3 Å². The molecule has 4 amide bonds. The monoisotopic (exact) mass is 654 g/mol. The lowest BCUT2D eigenvalue weighted by Crippen LogP contribution is -2.67. The van der Waals surface area contributed by atoms with Gasteiger partial charge in [0.05, 0.1) is 0 Å². The minimum absolute atomic E-state index is 0.255. The second-order valence-corrected chi connectivity index (χ2v) is 16.2. The molecule has 255 valence electrons. The van der Waals surface area contributed by atoms with Gasteiger partial charge in [0, 0.05) is 22.7 Å². The van der Waals surface area contributed by atoms with Gasteiger partial charge in [0.1, 0.15) is 16.6 Å². The molecule has 4 aromatic carbocycles. The van der Waals surface area contributed by atoms with Gasteiger partial charge in [-0.1, -0.05) is 48.5 Å². The Morgan fingerprint density at radius 3 is 1.60 bits per heavy atom. The van der Waals surface area contributed by atoms with Crippen molar-refractivity contribution in [1.29, 1.82) is 0 Å². The Morgan fingerprint density at radius 2 is 1.06 bits per heavy atom. The number of hydrogen-bond donors (Lipinski definition) is 4. The van der Waals surface area contributed by atoms with Crippen molar-refractivity contribution in [2.75, 3.05) is 0 Å². The number of amides is 4. The number of rotatable bonds is 8. The van der Waals surface area contributed by atoms with Gasteiger partial charge in [-0.25, -0.2) is 0 Å². The highest BCUT2D eigenvalue weighted by atomic mass is 16.5. The lowest BCUT2D eigenvalue weighted by atomic mass is 9.78. The normalized spacial score (nSPS) is 17.4. The fourth-order valence-electron chi connectivity index (χ4n) is 7.07. The molecule has 10 nitrogen and oxygen atoms in total. The van der Waals surface area contributed by atoms with Crippen LogP contribution in [0.5, 0.6) is 0 Å². The Kier molecular flexibility index (Phi) is 8.54. The third-order valence-electron chi connectivity index (χ3n) is 9.68. The maximum Gasteiger partial charge on any atom is 0.252 e. The van der Waals surface area contributed by atoms with Gasteiger partial charge in [-0.05, 0) is 120 Å². The highest BCUT2D eigenvalue weighted by Crippen LogP contribution is 2.38. The molecule has 0 aliphatic carbocycles. The quantitative estimate of drug-likeness (QED) is 0.189. The Labute approximate surface area is 282 Å². The largest absolute Gasteiger partial charge is 0.351 e. The van der Waals surface area contributed by atoms with Crippen molar-refractivity contribution in [1.82, 2.24) is 26.3 Å². The second kappa shape index (κ2) is 11.7. The molecule has 10 heteroatoms. The second-order valence-electron chi connectivity index (χ2n) is 16.2. The lowest BCUT2D eigenvalue weighted by Gasteiger charge is -2.50. The van der Waals surface area contributed by atoms with Gasteiger partial charge in [0.25, 0.3) is 5.91 Å². The lowest BCUT2D eigenvalue weighted by molar-refractivity contribution is -0.290. The number of carbonyl (C=O) groups excluding carboxylic acids is 4. The minimum Gasteiger partial charge on any atom is -0.351 e. The van der Waals surface area contributed by atoms with Gasteiger partial charge in [-0.3, -0.25) is 19.2 Å². The summed E-state index contributed by atoms with van der Waals surface area (Å²) in [5.74, 6) is -1.94. The van der Waals surface area contributed by atoms with Gasteiger partial charge in [0.15, 0.2) is 0 Å². The number of nitrogens with one attached hydrogen (secondary N) is 4. The Hall–Kier alpha value is -4.28. The fraction of sp³-hybridized carbons (Fsp3) is 0.474. The van der Waals surface area contributed by atoms with E-state index < -0.39 is 51.3 Å². The highest BCUT2D eigenvalue weighted by molar-refractivity contribution is 6.26. The van der Waals surface area contributed by atoms with Crippen LogP contribution in [0.15, 0.2) is 54.6 Å². The first kappa shape index (κ1) is 35.0. The van der Waals surface area contributed by atoms with Crippen LogP contribution in [0, 0.1) is 0 Å². The zero-order valence-corrected chi connectivity index (χ0v) is 29.7. The number of hydroxylamine groups is 2. The van der Waals surface area contributed by atoms with Gasteiger partial charge in [-0.2, -0.15) is 0 Å². The molecule has 1 aliphatic rings. The zero-order chi connectivity index (χ0) is 35.6. The molecule has 4 aromatic rings. The number of piperidine rings is 1. The molecule has 0 bridgehead atoms. The molecule has 0 saturated carbocycles. The molecule has 1 saturated heterocycles. The SMILES string of the molecule is CC(C)(NC(=O)c1ccc2ccc3cccc4ccc1c2c34)C(=O)NC(C)(C)C(=O)NC(C)(C)C(=O)NC1CC(C)(C)N([O])C(C)(C)C1. The van der Waals surface area contributed by atoms with Crippen LogP contribution in [0.4, 0.5) is 0 Å². The van der Waals surface area contributed by atoms with Crippen LogP contribution >= 0.6 is 0 Å². The summed E-state index contributed by atoms with van der Waals surface area (Å²) in [5, 5.41) is 31.3. The number of nitrogens with zero attached hydrogens (tertiary/aromatic N) is 1. The molecule has 0 aromatic heterocycles. The van der Waals surface area contributed by atoms with Crippen LogP contribution in [-0.2, 0) is 19.6 Å². The molecule has 0 unspecified atom stereocenters. The van der Waals surface area contributed by atoms with Crippen LogP contribution < -0.4 is 21.3 Å². The summed E-state index contributed by atoms with van der Waals surface area (Å²) in [6.07, 6.45) is 0.930. The van der Waals surface area contributed by atoms with E-state index in [4.69, 9.17) is 0 Å². The highest BCUT2D eigenvalue weighted by Gasteiger charge is 2.48. The van der Waals surface area contributed by atoms with E-state index in [-0.39, 0.29) is 6.04 Å². The molecule has 5 rings (SSSR count). The van der Waals surface area contributed by atoms with Crippen molar-refractivity contribution in [2.24, 2.45) is 0 Å². The van der Waals surface area contributed by atoms with Gasteiger partial charge in [0.2, 0.25) is 17.7 Å². The maximum atomic E-state index is 13.7. The van der Waals surface area contributed by atoms with Crippen molar-refractivity contribution in [2.45, 2.75) is 116 Å². The molecule has 0 atom stereocenters. The molecule has 1 fully saturated rings. The molecule has 0 spiro atoms. The number of benzene rings is 4. The molecular formula is C38H48N5O5. The fourth-order valence-corrected chi connectivity index (χ4v) is 7.07. The van der Waals surface area contributed by atoms with Crippen LogP contribution in [0.1, 0.15) is 92.4 Å². The molecule has 1 aliphatic heterocycles. The number of carbonyl (C=O) groups is 4. The summed E-state index contributed by atoms with van der Waals surface area (Å²) in [4.78, 5) is 54.2. The standard InChI is InChI=1S/C38H48N5O5/c1-34(2)20-25(21-35(3,4)43(34)48)39-31(45)36(5,6)41-33(47)38(9,10)42-32(46)37(7,8)40-30(44)27-19-17-24-15-14-22-12-11-13-23-16-18-26(27)29(24)28(22)23/h11-19,25H,20-21H2,1-10H3,(H,39,45)(H,40,44)(H,41,47)(H,42,46). The van der Waals surface area contributed by atoms with E-state index in [9.17, 15) is 24.4 Å². The van der Waals surface area contributed by atoms with Crippen molar-refractivity contribution in [3.8, 4) is 0 Å². The summed E-state index contributed by atoms with van der Waals surface area (Å²) >= 11 is 0. The molecule has 1 heterocycles. The predicted octanol–water partition coefficient (Wildman–Crippen LogP) is 5.37. The van der Waals surface area contributed by atoms with Crippen molar-refractivity contribution < 1.29 is 24.4 Å². The Morgan fingerprint density at radius 1 is 0.625 bits per heavy atom. The molecular weight excluding hydrogens is 606 g/mol. The topological polar surface area (TPSA) is 140 Å². The van der Waals surface area contributed by atoms with Crippen molar-refractivity contribution >= 4 is 55.9 Å². The van der Waals surface area contributed by atoms with Crippen molar-refractivity contribution in [3.05, 3.63) is 60.2 Å². The summed E-state index contributed by atoms with van der Waals surface area (Å²) < 4.78 is 0. The third-order valence-corrected chi connectivity index (χ3v) is 9.68.